The Kier molecular flexibility index (Phi) is 5.12. The normalized spacial score (nSPS) is 14.1. The SMILES string of the molecule is COc1ccc(C)cc1Nc1c(C(=O)N2CCOCC2)cnc2ccccc12. The fourth-order valence-corrected chi connectivity index (χ4v) is 3.43. The number of carbonyl (C=O) groups excluding carboxylic acids is 1. The maximum absolute atomic E-state index is 13.2. The second-order valence-corrected chi connectivity index (χ2v) is 6.80. The van der Waals surface area contributed by atoms with E-state index in [2.05, 4.69) is 10.3 Å². The van der Waals surface area contributed by atoms with Gasteiger partial charge in [-0.25, -0.2) is 0 Å². The molecule has 2 aromatic carbocycles. The fraction of sp³-hybridized carbons (Fsp3) is 0.273. The van der Waals surface area contributed by atoms with Gasteiger partial charge in [-0.05, 0) is 30.7 Å². The summed E-state index contributed by atoms with van der Waals surface area (Å²) in [6.07, 6.45) is 1.66. The Morgan fingerprint density at radius 3 is 2.75 bits per heavy atom. The van der Waals surface area contributed by atoms with Crippen LogP contribution in [-0.2, 0) is 4.74 Å². The molecule has 2 heterocycles. The van der Waals surface area contributed by atoms with E-state index in [1.807, 2.05) is 54.3 Å². The third-order valence-electron chi connectivity index (χ3n) is 4.92. The summed E-state index contributed by atoms with van der Waals surface area (Å²) < 4.78 is 10.9. The predicted molar refractivity (Wildman–Crippen MR) is 109 cm³/mol. The van der Waals surface area contributed by atoms with Crippen LogP contribution in [0.2, 0.25) is 0 Å². The van der Waals surface area contributed by atoms with Crippen LogP contribution in [0.4, 0.5) is 11.4 Å². The number of carbonyl (C=O) groups is 1. The molecule has 0 unspecified atom stereocenters. The van der Waals surface area contributed by atoms with Gasteiger partial charge >= 0.3 is 0 Å². The lowest BCUT2D eigenvalue weighted by Crippen LogP contribution is -2.41. The molecule has 3 aromatic rings. The zero-order valence-corrected chi connectivity index (χ0v) is 16.1. The van der Waals surface area contributed by atoms with E-state index in [4.69, 9.17) is 9.47 Å². The number of ether oxygens (including phenoxy) is 2. The number of anilines is 2. The summed E-state index contributed by atoms with van der Waals surface area (Å²) in [5, 5.41) is 4.35. The summed E-state index contributed by atoms with van der Waals surface area (Å²) in [6, 6.07) is 13.7. The molecule has 1 aromatic heterocycles. The zero-order chi connectivity index (χ0) is 19.5. The van der Waals surface area contributed by atoms with Gasteiger partial charge < -0.3 is 19.7 Å². The van der Waals surface area contributed by atoms with Gasteiger partial charge in [-0.1, -0.05) is 24.3 Å². The lowest BCUT2D eigenvalue weighted by atomic mass is 10.1. The van der Waals surface area contributed by atoms with Crippen LogP contribution in [0.25, 0.3) is 10.9 Å². The monoisotopic (exact) mass is 377 g/mol. The highest BCUT2D eigenvalue weighted by Crippen LogP contribution is 2.34. The van der Waals surface area contributed by atoms with Crippen LogP contribution in [0.1, 0.15) is 15.9 Å². The largest absolute Gasteiger partial charge is 0.495 e. The van der Waals surface area contributed by atoms with Crippen molar-refractivity contribution in [1.82, 2.24) is 9.88 Å². The summed E-state index contributed by atoms with van der Waals surface area (Å²) in [6.45, 7) is 4.30. The van der Waals surface area contributed by atoms with Gasteiger partial charge in [0.2, 0.25) is 0 Å². The number of amides is 1. The van der Waals surface area contributed by atoms with Crippen molar-refractivity contribution in [2.45, 2.75) is 6.92 Å². The number of methoxy groups -OCH3 is 1. The average Bonchev–Trinajstić information content (AvgIpc) is 2.74. The Morgan fingerprint density at radius 1 is 1.18 bits per heavy atom. The molecule has 6 nitrogen and oxygen atoms in total. The van der Waals surface area contributed by atoms with E-state index in [0.29, 0.717) is 31.9 Å². The van der Waals surface area contributed by atoms with Gasteiger partial charge in [0.25, 0.3) is 5.91 Å². The molecule has 0 radical (unpaired) electrons. The fourth-order valence-electron chi connectivity index (χ4n) is 3.43. The maximum atomic E-state index is 13.2. The highest BCUT2D eigenvalue weighted by atomic mass is 16.5. The van der Waals surface area contributed by atoms with Gasteiger partial charge in [-0.15, -0.1) is 0 Å². The number of hydrogen-bond donors (Lipinski definition) is 1. The van der Waals surface area contributed by atoms with Crippen molar-refractivity contribution >= 4 is 28.2 Å². The quantitative estimate of drug-likeness (QED) is 0.750. The minimum Gasteiger partial charge on any atom is -0.495 e. The summed E-state index contributed by atoms with van der Waals surface area (Å²) in [7, 11) is 1.64. The second kappa shape index (κ2) is 7.86. The number of aryl methyl sites for hydroxylation is 1. The number of pyridine rings is 1. The van der Waals surface area contributed by atoms with Crippen molar-refractivity contribution in [3.8, 4) is 5.75 Å². The van der Waals surface area contributed by atoms with Crippen LogP contribution >= 0.6 is 0 Å². The van der Waals surface area contributed by atoms with E-state index >= 15 is 0 Å². The number of morpholine rings is 1. The van der Waals surface area contributed by atoms with E-state index < -0.39 is 0 Å². The van der Waals surface area contributed by atoms with Crippen LogP contribution in [0.15, 0.2) is 48.7 Å². The maximum Gasteiger partial charge on any atom is 0.257 e. The van der Waals surface area contributed by atoms with Crippen molar-refractivity contribution in [3.63, 3.8) is 0 Å². The summed E-state index contributed by atoms with van der Waals surface area (Å²) >= 11 is 0. The van der Waals surface area contributed by atoms with Gasteiger partial charge in [-0.2, -0.15) is 0 Å². The first kappa shape index (κ1) is 18.3. The Hall–Kier alpha value is -3.12. The topological polar surface area (TPSA) is 63.7 Å². The van der Waals surface area contributed by atoms with Crippen molar-refractivity contribution in [2.75, 3.05) is 38.7 Å². The molecule has 1 aliphatic heterocycles. The molecule has 0 bridgehead atoms. The number of fused-ring (bicyclic) bond motifs is 1. The molecule has 4 rings (SSSR count). The number of benzene rings is 2. The summed E-state index contributed by atoms with van der Waals surface area (Å²) in [5.74, 6) is 0.673. The first-order valence-electron chi connectivity index (χ1n) is 9.34. The molecule has 6 heteroatoms. The minimum absolute atomic E-state index is 0.0457. The lowest BCUT2D eigenvalue weighted by Gasteiger charge is -2.28. The molecule has 28 heavy (non-hydrogen) atoms. The van der Waals surface area contributed by atoms with Crippen LogP contribution in [0.3, 0.4) is 0 Å². The van der Waals surface area contributed by atoms with Crippen molar-refractivity contribution in [2.24, 2.45) is 0 Å². The minimum atomic E-state index is -0.0457. The van der Waals surface area contributed by atoms with Crippen LogP contribution < -0.4 is 10.1 Å². The van der Waals surface area contributed by atoms with Crippen LogP contribution in [0.5, 0.6) is 5.75 Å². The average molecular weight is 377 g/mol. The van der Waals surface area contributed by atoms with Gasteiger partial charge in [0.05, 0.1) is 42.8 Å². The molecular formula is C22H23N3O3. The summed E-state index contributed by atoms with van der Waals surface area (Å²) in [4.78, 5) is 19.6. The third-order valence-corrected chi connectivity index (χ3v) is 4.92. The van der Waals surface area contributed by atoms with Gasteiger partial charge in [-0.3, -0.25) is 9.78 Å². The van der Waals surface area contributed by atoms with Crippen molar-refractivity contribution in [3.05, 3.63) is 59.8 Å². The number of rotatable bonds is 4. The number of para-hydroxylation sites is 1. The number of nitrogens with zero attached hydrogens (tertiary/aromatic N) is 2. The highest BCUT2D eigenvalue weighted by Gasteiger charge is 2.23. The molecular weight excluding hydrogens is 354 g/mol. The lowest BCUT2D eigenvalue weighted by molar-refractivity contribution is 0.0303. The Bertz CT molecular complexity index is 1010. The van der Waals surface area contributed by atoms with E-state index in [1.165, 1.54) is 0 Å². The Morgan fingerprint density at radius 2 is 1.96 bits per heavy atom. The number of aromatic nitrogens is 1. The standard InChI is InChI=1S/C22H23N3O3/c1-15-7-8-20(27-2)19(13-15)24-21-16-5-3-4-6-18(16)23-14-17(21)22(26)25-9-11-28-12-10-25/h3-8,13-14H,9-12H2,1-2H3,(H,23,24). The molecule has 1 aliphatic rings. The van der Waals surface area contributed by atoms with Crippen molar-refractivity contribution in [1.29, 1.82) is 0 Å². The summed E-state index contributed by atoms with van der Waals surface area (Å²) in [5.41, 5.74) is 4.03. The van der Waals surface area contributed by atoms with E-state index in [9.17, 15) is 4.79 Å². The Labute approximate surface area is 164 Å². The van der Waals surface area contributed by atoms with E-state index in [-0.39, 0.29) is 5.91 Å². The number of nitrogens with one attached hydrogen (secondary N) is 1. The van der Waals surface area contributed by atoms with E-state index in [1.54, 1.807) is 13.3 Å². The third kappa shape index (κ3) is 3.51. The molecule has 0 aliphatic carbocycles. The van der Waals surface area contributed by atoms with E-state index in [0.717, 1.165) is 33.6 Å². The molecule has 1 fully saturated rings. The smallest absolute Gasteiger partial charge is 0.257 e. The molecule has 1 saturated heterocycles. The molecule has 0 saturated carbocycles. The first-order valence-corrected chi connectivity index (χ1v) is 9.34. The molecule has 1 amide bonds. The second-order valence-electron chi connectivity index (χ2n) is 6.80. The number of hydrogen-bond acceptors (Lipinski definition) is 5. The van der Waals surface area contributed by atoms with Crippen molar-refractivity contribution < 1.29 is 14.3 Å². The van der Waals surface area contributed by atoms with Gasteiger partial charge in [0.15, 0.2) is 0 Å². The predicted octanol–water partition coefficient (Wildman–Crippen LogP) is 3.77. The zero-order valence-electron chi connectivity index (χ0n) is 16.1. The Balaban J connectivity index is 1.83. The van der Waals surface area contributed by atoms with Crippen LogP contribution in [-0.4, -0.2) is 49.2 Å². The van der Waals surface area contributed by atoms with Crippen LogP contribution in [0, 0.1) is 6.92 Å². The molecule has 1 N–H and O–H groups in total. The van der Waals surface area contributed by atoms with Gasteiger partial charge in [0.1, 0.15) is 5.75 Å². The molecule has 0 atom stereocenters. The molecule has 144 valence electrons. The first-order chi connectivity index (χ1) is 13.7. The highest BCUT2D eigenvalue weighted by molar-refractivity contribution is 6.08. The van der Waals surface area contributed by atoms with Gasteiger partial charge in [0, 0.05) is 24.7 Å². The molecule has 0 spiro atoms.